The Balaban J connectivity index is 1.33. The van der Waals surface area contributed by atoms with Gasteiger partial charge in [-0.25, -0.2) is 4.98 Å². The third-order valence-electron chi connectivity index (χ3n) is 5.25. The van der Waals surface area contributed by atoms with Crippen molar-refractivity contribution in [1.29, 1.82) is 0 Å². The third kappa shape index (κ3) is 3.78. The van der Waals surface area contributed by atoms with E-state index in [1.54, 1.807) is 11.3 Å². The molecule has 1 aliphatic rings. The molecule has 8 heteroatoms. The van der Waals surface area contributed by atoms with E-state index < -0.39 is 0 Å². The topological polar surface area (TPSA) is 81.4 Å². The molecule has 2 aromatic carbocycles. The van der Waals surface area contributed by atoms with Crippen molar-refractivity contribution in [2.45, 2.75) is 25.3 Å². The van der Waals surface area contributed by atoms with Gasteiger partial charge in [0.25, 0.3) is 11.8 Å². The summed E-state index contributed by atoms with van der Waals surface area (Å²) in [6.07, 6.45) is 2.79. The highest BCUT2D eigenvalue weighted by Crippen LogP contribution is 2.32. The second-order valence-corrected chi connectivity index (χ2v) is 8.08. The number of benzene rings is 2. The summed E-state index contributed by atoms with van der Waals surface area (Å²) >= 11 is 1.57. The van der Waals surface area contributed by atoms with Crippen LogP contribution in [0.2, 0.25) is 0 Å². The van der Waals surface area contributed by atoms with Crippen molar-refractivity contribution >= 4 is 27.5 Å². The van der Waals surface area contributed by atoms with Gasteiger partial charge in [0.1, 0.15) is 5.75 Å². The Labute approximate surface area is 177 Å². The molecule has 1 amide bonds. The number of para-hydroxylation sites is 1. The summed E-state index contributed by atoms with van der Waals surface area (Å²) < 4.78 is 12.3. The highest BCUT2D eigenvalue weighted by molar-refractivity contribution is 7.16. The maximum absolute atomic E-state index is 12.9. The summed E-state index contributed by atoms with van der Waals surface area (Å²) in [6.45, 7) is 0.658. The zero-order chi connectivity index (χ0) is 20.3. The van der Waals surface area contributed by atoms with E-state index in [0.29, 0.717) is 24.0 Å². The molecule has 7 nitrogen and oxygen atoms in total. The van der Waals surface area contributed by atoms with Crippen LogP contribution in [0.4, 0.5) is 0 Å². The van der Waals surface area contributed by atoms with Crippen LogP contribution in [0.5, 0.6) is 5.75 Å². The minimum atomic E-state index is -0.199. The molecule has 1 fully saturated rings. The quantitative estimate of drug-likeness (QED) is 0.474. The molecule has 0 unspecified atom stereocenters. The van der Waals surface area contributed by atoms with Crippen molar-refractivity contribution < 1.29 is 14.1 Å². The van der Waals surface area contributed by atoms with Crippen molar-refractivity contribution in [3.05, 3.63) is 59.9 Å². The molecule has 0 radical (unpaired) electrons. The Morgan fingerprint density at radius 3 is 3.00 bits per heavy atom. The Kier molecular flexibility index (Phi) is 5.15. The summed E-state index contributed by atoms with van der Waals surface area (Å²) in [5, 5.41) is 4.20. The van der Waals surface area contributed by atoms with E-state index >= 15 is 0 Å². The van der Waals surface area contributed by atoms with Gasteiger partial charge in [0.2, 0.25) is 0 Å². The zero-order valence-corrected chi connectivity index (χ0v) is 17.0. The number of nitrogens with zero attached hydrogens (tertiary/aromatic N) is 4. The number of hydrogen-bond acceptors (Lipinski definition) is 7. The first-order chi connectivity index (χ1) is 14.8. The van der Waals surface area contributed by atoms with Crippen LogP contribution in [0.1, 0.15) is 31.1 Å². The number of carbonyl (C=O) groups is 1. The minimum absolute atomic E-state index is 0.00668. The number of thiazole rings is 1. The molecule has 0 saturated carbocycles. The SMILES string of the molecule is O=C(COc1ccccc1)N1CCCC[C@@H]1c1noc(-c2ccc3ncsc3c2)n1. The predicted octanol–water partition coefficient (Wildman–Crippen LogP) is 4.48. The highest BCUT2D eigenvalue weighted by Gasteiger charge is 2.32. The Morgan fingerprint density at radius 1 is 1.20 bits per heavy atom. The van der Waals surface area contributed by atoms with Gasteiger partial charge in [-0.1, -0.05) is 23.4 Å². The molecule has 4 aromatic rings. The van der Waals surface area contributed by atoms with Crippen molar-refractivity contribution in [3.63, 3.8) is 0 Å². The lowest BCUT2D eigenvalue weighted by Crippen LogP contribution is -2.41. The molecule has 0 spiro atoms. The number of aromatic nitrogens is 3. The van der Waals surface area contributed by atoms with Gasteiger partial charge in [0, 0.05) is 12.1 Å². The van der Waals surface area contributed by atoms with Gasteiger partial charge in [0.15, 0.2) is 12.4 Å². The number of rotatable bonds is 5. The van der Waals surface area contributed by atoms with Crippen molar-refractivity contribution in [1.82, 2.24) is 20.0 Å². The standard InChI is InChI=1S/C22H20N4O3S/c27-20(13-28-16-6-2-1-3-7-16)26-11-5-4-8-18(26)21-24-22(29-25-21)15-9-10-17-19(12-15)30-14-23-17/h1-3,6-7,9-10,12,14,18H,4-5,8,11,13H2/t18-/m1/s1. The first-order valence-electron chi connectivity index (χ1n) is 9.92. The maximum Gasteiger partial charge on any atom is 0.261 e. The maximum atomic E-state index is 12.9. The fourth-order valence-electron chi connectivity index (χ4n) is 3.72. The van der Waals surface area contributed by atoms with Gasteiger partial charge in [-0.05, 0) is 49.6 Å². The normalized spacial score (nSPS) is 16.7. The van der Waals surface area contributed by atoms with E-state index in [0.717, 1.165) is 35.0 Å². The Hall–Kier alpha value is -3.26. The van der Waals surface area contributed by atoms with Gasteiger partial charge < -0.3 is 14.2 Å². The number of amides is 1. The van der Waals surface area contributed by atoms with Crippen molar-refractivity contribution in [2.24, 2.45) is 0 Å². The van der Waals surface area contributed by atoms with Gasteiger partial charge in [-0.15, -0.1) is 11.3 Å². The Morgan fingerprint density at radius 2 is 2.10 bits per heavy atom. The number of ether oxygens (including phenoxy) is 1. The molecule has 2 aromatic heterocycles. The molecule has 0 aliphatic carbocycles. The summed E-state index contributed by atoms with van der Waals surface area (Å²) in [4.78, 5) is 23.6. The Bertz CT molecular complexity index is 1160. The summed E-state index contributed by atoms with van der Waals surface area (Å²) in [6, 6.07) is 15.0. The fourth-order valence-corrected chi connectivity index (χ4v) is 4.44. The van der Waals surface area contributed by atoms with Crippen LogP contribution in [-0.4, -0.2) is 39.1 Å². The monoisotopic (exact) mass is 420 g/mol. The van der Waals surface area contributed by atoms with Crippen LogP contribution in [0, 0.1) is 0 Å². The smallest absolute Gasteiger partial charge is 0.261 e. The summed E-state index contributed by atoms with van der Waals surface area (Å²) in [5.41, 5.74) is 3.62. The van der Waals surface area contributed by atoms with Gasteiger partial charge in [0.05, 0.1) is 21.8 Å². The average Bonchev–Trinajstić information content (AvgIpc) is 3.47. The minimum Gasteiger partial charge on any atom is -0.484 e. The largest absolute Gasteiger partial charge is 0.484 e. The van der Waals surface area contributed by atoms with E-state index in [1.807, 2.05) is 58.9 Å². The molecule has 5 rings (SSSR count). The number of carbonyl (C=O) groups excluding carboxylic acids is 1. The molecule has 3 heterocycles. The number of piperidine rings is 1. The fraction of sp³-hybridized carbons (Fsp3) is 0.273. The molecule has 1 aliphatic heterocycles. The number of hydrogen-bond donors (Lipinski definition) is 0. The highest BCUT2D eigenvalue weighted by atomic mass is 32.1. The van der Waals surface area contributed by atoms with Crippen LogP contribution in [0.15, 0.2) is 58.6 Å². The molecule has 30 heavy (non-hydrogen) atoms. The zero-order valence-electron chi connectivity index (χ0n) is 16.2. The van der Waals surface area contributed by atoms with E-state index in [1.165, 1.54) is 0 Å². The lowest BCUT2D eigenvalue weighted by Gasteiger charge is -2.33. The van der Waals surface area contributed by atoms with Crippen LogP contribution >= 0.6 is 11.3 Å². The van der Waals surface area contributed by atoms with Crippen molar-refractivity contribution in [3.8, 4) is 17.2 Å². The molecule has 0 N–H and O–H groups in total. The first-order valence-corrected chi connectivity index (χ1v) is 10.8. The third-order valence-corrected chi connectivity index (χ3v) is 6.04. The van der Waals surface area contributed by atoms with E-state index in [4.69, 9.17) is 9.26 Å². The van der Waals surface area contributed by atoms with Gasteiger partial charge >= 0.3 is 0 Å². The van der Waals surface area contributed by atoms with Crippen LogP contribution in [0.25, 0.3) is 21.7 Å². The van der Waals surface area contributed by atoms with Crippen molar-refractivity contribution in [2.75, 3.05) is 13.2 Å². The molecule has 1 atom stereocenters. The van der Waals surface area contributed by atoms with Gasteiger partial charge in [-0.2, -0.15) is 4.98 Å². The second kappa shape index (κ2) is 8.23. The number of fused-ring (bicyclic) bond motifs is 1. The molecule has 152 valence electrons. The lowest BCUT2D eigenvalue weighted by molar-refractivity contribution is -0.137. The van der Waals surface area contributed by atoms with E-state index in [9.17, 15) is 4.79 Å². The molecular weight excluding hydrogens is 400 g/mol. The molecular formula is C22H20N4O3S. The number of likely N-dealkylation sites (tertiary alicyclic amines) is 1. The predicted molar refractivity (Wildman–Crippen MR) is 113 cm³/mol. The van der Waals surface area contributed by atoms with E-state index in [-0.39, 0.29) is 18.6 Å². The second-order valence-electron chi connectivity index (χ2n) is 7.19. The lowest BCUT2D eigenvalue weighted by atomic mass is 10.0. The summed E-state index contributed by atoms with van der Waals surface area (Å²) in [7, 11) is 0. The van der Waals surface area contributed by atoms with Crippen LogP contribution < -0.4 is 4.74 Å². The molecule has 1 saturated heterocycles. The van der Waals surface area contributed by atoms with Crippen LogP contribution in [-0.2, 0) is 4.79 Å². The van der Waals surface area contributed by atoms with Crippen LogP contribution in [0.3, 0.4) is 0 Å². The first kappa shape index (κ1) is 18.7. The summed E-state index contributed by atoms with van der Waals surface area (Å²) in [5.74, 6) is 1.61. The van der Waals surface area contributed by atoms with Gasteiger partial charge in [-0.3, -0.25) is 4.79 Å². The molecule has 0 bridgehead atoms. The van der Waals surface area contributed by atoms with E-state index in [2.05, 4.69) is 15.1 Å². The average molecular weight is 420 g/mol.